The number of unbranched alkanes of at least 4 members (excludes halogenated alkanes) is 2. The molecule has 1 aliphatic rings. The molecule has 5 nitrogen and oxygen atoms in total. The fourth-order valence-electron chi connectivity index (χ4n) is 2.99. The fourth-order valence-corrected chi connectivity index (χ4v) is 5.02. The summed E-state index contributed by atoms with van der Waals surface area (Å²) in [5.74, 6) is 0.619. The third kappa shape index (κ3) is 6.17. The van der Waals surface area contributed by atoms with Crippen molar-refractivity contribution in [1.82, 2.24) is 4.90 Å². The maximum atomic E-state index is 12.6. The van der Waals surface area contributed by atoms with E-state index in [0.29, 0.717) is 40.2 Å². The van der Waals surface area contributed by atoms with Gasteiger partial charge in [-0.25, -0.2) is 0 Å². The van der Waals surface area contributed by atoms with E-state index < -0.39 is 0 Å². The van der Waals surface area contributed by atoms with Crippen LogP contribution in [0.25, 0.3) is 6.08 Å². The van der Waals surface area contributed by atoms with Gasteiger partial charge in [0.25, 0.3) is 5.91 Å². The zero-order chi connectivity index (χ0) is 21.3. The minimum absolute atomic E-state index is 0.0244. The van der Waals surface area contributed by atoms with Crippen molar-refractivity contribution in [2.24, 2.45) is 0 Å². The van der Waals surface area contributed by atoms with E-state index in [0.717, 1.165) is 24.1 Å². The number of amides is 2. The molecule has 2 amide bonds. The predicted molar refractivity (Wildman–Crippen MR) is 129 cm³/mol. The molecule has 3 rings (SSSR count). The molecule has 158 valence electrons. The minimum Gasteiger partial charge on any atom is -0.492 e. The van der Waals surface area contributed by atoms with E-state index in [1.165, 1.54) is 11.8 Å². The van der Waals surface area contributed by atoms with E-state index in [1.807, 2.05) is 54.8 Å². The van der Waals surface area contributed by atoms with Gasteiger partial charge in [-0.2, -0.15) is 0 Å². The Balaban J connectivity index is 1.39. The summed E-state index contributed by atoms with van der Waals surface area (Å²) in [6.07, 6.45) is 4.73. The summed E-state index contributed by atoms with van der Waals surface area (Å²) in [4.78, 5) is 28.2. The van der Waals surface area contributed by atoms with E-state index >= 15 is 0 Å². The number of thiocarbonyl (C=S) groups is 1. The van der Waals surface area contributed by atoms with E-state index in [9.17, 15) is 9.59 Å². The zero-order valence-electron chi connectivity index (χ0n) is 16.8. The topological polar surface area (TPSA) is 58.6 Å². The van der Waals surface area contributed by atoms with Gasteiger partial charge in [-0.1, -0.05) is 48.6 Å². The van der Waals surface area contributed by atoms with Gasteiger partial charge in [0.2, 0.25) is 5.91 Å². The number of para-hydroxylation sites is 2. The maximum Gasteiger partial charge on any atom is 0.266 e. The lowest BCUT2D eigenvalue weighted by molar-refractivity contribution is -0.122. The van der Waals surface area contributed by atoms with Crippen LogP contribution in [0.4, 0.5) is 5.69 Å². The molecule has 1 aliphatic heterocycles. The Morgan fingerprint density at radius 1 is 1.20 bits per heavy atom. The number of carbonyl (C=O) groups excluding carboxylic acids is 2. The summed E-state index contributed by atoms with van der Waals surface area (Å²) in [6, 6.07) is 11.4. The lowest BCUT2D eigenvalue weighted by atomic mass is 10.1. The SMILES string of the molecule is CCOc1ccccc1NC(=O)CCCCCN1C(=O)/C(=C/c2cccs2)SC1=S. The van der Waals surface area contributed by atoms with Crippen LogP contribution >= 0.6 is 35.3 Å². The molecule has 8 heteroatoms. The van der Waals surface area contributed by atoms with Crippen molar-refractivity contribution in [3.05, 3.63) is 51.6 Å². The second-order valence-electron chi connectivity index (χ2n) is 6.64. The average molecular weight is 461 g/mol. The number of carbonyl (C=O) groups is 2. The lowest BCUT2D eigenvalue weighted by Gasteiger charge is -2.14. The molecule has 1 aromatic heterocycles. The quantitative estimate of drug-likeness (QED) is 0.286. The Hall–Kier alpha value is -2.16. The third-order valence-electron chi connectivity index (χ3n) is 4.44. The summed E-state index contributed by atoms with van der Waals surface area (Å²) in [5, 5.41) is 4.89. The Morgan fingerprint density at radius 3 is 2.80 bits per heavy atom. The van der Waals surface area contributed by atoms with Crippen molar-refractivity contribution >= 4 is 63.2 Å². The zero-order valence-corrected chi connectivity index (χ0v) is 19.2. The Labute approximate surface area is 190 Å². The largest absolute Gasteiger partial charge is 0.492 e. The number of ether oxygens (including phenoxy) is 1. The first-order valence-electron chi connectivity index (χ1n) is 9.89. The number of hydrogen-bond acceptors (Lipinski definition) is 6. The van der Waals surface area contributed by atoms with Crippen molar-refractivity contribution < 1.29 is 14.3 Å². The van der Waals surface area contributed by atoms with Crippen LogP contribution in [0.2, 0.25) is 0 Å². The molecule has 0 atom stereocenters. The van der Waals surface area contributed by atoms with Gasteiger partial charge in [-0.05, 0) is 49.4 Å². The van der Waals surface area contributed by atoms with Crippen LogP contribution in [-0.4, -0.2) is 34.2 Å². The van der Waals surface area contributed by atoms with Gasteiger partial charge in [0.15, 0.2) is 0 Å². The molecule has 1 aromatic carbocycles. The van der Waals surface area contributed by atoms with Crippen LogP contribution in [-0.2, 0) is 9.59 Å². The molecule has 2 aromatic rings. The first-order chi connectivity index (χ1) is 14.6. The molecule has 0 unspecified atom stereocenters. The van der Waals surface area contributed by atoms with Crippen LogP contribution < -0.4 is 10.1 Å². The Morgan fingerprint density at radius 2 is 2.03 bits per heavy atom. The second-order valence-corrected chi connectivity index (χ2v) is 9.29. The molecule has 0 aliphatic carbocycles. The normalized spacial score (nSPS) is 15.1. The van der Waals surface area contributed by atoms with Gasteiger partial charge in [0.05, 0.1) is 17.2 Å². The molecule has 1 saturated heterocycles. The first kappa shape index (κ1) is 22.5. The number of thiophene rings is 1. The van der Waals surface area contributed by atoms with Gasteiger partial charge in [0, 0.05) is 17.8 Å². The summed E-state index contributed by atoms with van der Waals surface area (Å²) >= 11 is 8.32. The van der Waals surface area contributed by atoms with Crippen LogP contribution in [0.1, 0.15) is 37.5 Å². The van der Waals surface area contributed by atoms with Crippen molar-refractivity contribution in [2.75, 3.05) is 18.5 Å². The van der Waals surface area contributed by atoms with Gasteiger partial charge >= 0.3 is 0 Å². The second kappa shape index (κ2) is 11.3. The van der Waals surface area contributed by atoms with Crippen LogP contribution in [0.3, 0.4) is 0 Å². The highest BCUT2D eigenvalue weighted by Gasteiger charge is 2.31. The number of nitrogens with one attached hydrogen (secondary N) is 1. The number of hydrogen-bond donors (Lipinski definition) is 1. The Bertz CT molecular complexity index is 925. The summed E-state index contributed by atoms with van der Waals surface area (Å²) in [5.41, 5.74) is 0.694. The fraction of sp³-hybridized carbons (Fsp3) is 0.318. The Kier molecular flexibility index (Phi) is 8.48. The van der Waals surface area contributed by atoms with E-state index in [4.69, 9.17) is 17.0 Å². The molecule has 1 N–H and O–H groups in total. The van der Waals surface area contributed by atoms with Gasteiger partial charge < -0.3 is 10.1 Å². The highest BCUT2D eigenvalue weighted by molar-refractivity contribution is 8.26. The van der Waals surface area contributed by atoms with Gasteiger partial charge in [-0.15, -0.1) is 11.3 Å². The molecule has 30 heavy (non-hydrogen) atoms. The van der Waals surface area contributed by atoms with Crippen molar-refractivity contribution in [3.8, 4) is 5.75 Å². The van der Waals surface area contributed by atoms with Crippen molar-refractivity contribution in [2.45, 2.75) is 32.6 Å². The molecular formula is C22H24N2O3S3. The maximum absolute atomic E-state index is 12.6. The monoisotopic (exact) mass is 460 g/mol. The summed E-state index contributed by atoms with van der Waals surface area (Å²) < 4.78 is 6.13. The molecule has 2 heterocycles. The minimum atomic E-state index is -0.0355. The van der Waals surface area contributed by atoms with Gasteiger partial charge in [-0.3, -0.25) is 14.5 Å². The lowest BCUT2D eigenvalue weighted by Crippen LogP contribution is -2.29. The number of benzene rings is 1. The summed E-state index contributed by atoms with van der Waals surface area (Å²) in [7, 11) is 0. The van der Waals surface area contributed by atoms with Gasteiger partial charge in [0.1, 0.15) is 10.1 Å². The van der Waals surface area contributed by atoms with Crippen LogP contribution in [0.15, 0.2) is 46.7 Å². The number of anilines is 1. The standard InChI is InChI=1S/C22H24N2O3S3/c1-2-27-18-11-6-5-10-17(18)23-20(25)12-4-3-7-13-24-21(26)19(30-22(24)28)15-16-9-8-14-29-16/h5-6,8-11,14-15H,2-4,7,12-13H2,1H3,(H,23,25)/b19-15-. The number of nitrogens with zero attached hydrogens (tertiary/aromatic N) is 1. The number of rotatable bonds is 10. The van der Waals surface area contributed by atoms with Crippen LogP contribution in [0, 0.1) is 0 Å². The average Bonchev–Trinajstić information content (AvgIpc) is 3.33. The highest BCUT2D eigenvalue weighted by atomic mass is 32.2. The predicted octanol–water partition coefficient (Wildman–Crippen LogP) is 5.55. The van der Waals surface area contributed by atoms with E-state index in [1.54, 1.807) is 16.2 Å². The molecule has 0 bridgehead atoms. The summed E-state index contributed by atoms with van der Waals surface area (Å²) in [6.45, 7) is 3.04. The molecular weight excluding hydrogens is 436 g/mol. The van der Waals surface area contributed by atoms with Crippen molar-refractivity contribution in [1.29, 1.82) is 0 Å². The molecule has 0 radical (unpaired) electrons. The highest BCUT2D eigenvalue weighted by Crippen LogP contribution is 2.33. The van der Waals surface area contributed by atoms with Crippen LogP contribution in [0.5, 0.6) is 5.75 Å². The van der Waals surface area contributed by atoms with E-state index in [-0.39, 0.29) is 11.8 Å². The number of thioether (sulfide) groups is 1. The first-order valence-corrected chi connectivity index (χ1v) is 12.0. The third-order valence-corrected chi connectivity index (χ3v) is 6.63. The molecule has 0 saturated carbocycles. The smallest absolute Gasteiger partial charge is 0.266 e. The molecule has 1 fully saturated rings. The molecule has 0 spiro atoms. The van der Waals surface area contributed by atoms with E-state index in [2.05, 4.69) is 5.32 Å². The van der Waals surface area contributed by atoms with Crippen molar-refractivity contribution in [3.63, 3.8) is 0 Å².